The third kappa shape index (κ3) is 2.30. The Morgan fingerprint density at radius 2 is 2.17 bits per heavy atom. The number of nitrogens with zero attached hydrogens (tertiary/aromatic N) is 3. The molecule has 0 aliphatic rings. The molecule has 0 spiro atoms. The van der Waals surface area contributed by atoms with Crippen molar-refractivity contribution in [3.8, 4) is 6.07 Å². The maximum absolute atomic E-state index is 13.3. The number of carbonyl (C=O) groups excluding carboxylic acids is 1. The molecule has 0 atom stereocenters. The van der Waals surface area contributed by atoms with Gasteiger partial charge in [0.15, 0.2) is 0 Å². The van der Waals surface area contributed by atoms with Crippen LogP contribution in [0, 0.1) is 17.1 Å². The zero-order chi connectivity index (χ0) is 13.0. The fraction of sp³-hybridized carbons (Fsp3) is 0. The molecular formula is C12H7FN4O. The minimum Gasteiger partial charge on any atom is -0.321 e. The predicted octanol–water partition coefficient (Wildman–Crippen LogP) is 1.74. The highest BCUT2D eigenvalue weighted by molar-refractivity contribution is 6.04. The number of nitriles is 1. The maximum atomic E-state index is 13.3. The monoisotopic (exact) mass is 242 g/mol. The molecule has 0 bridgehead atoms. The van der Waals surface area contributed by atoms with Gasteiger partial charge in [0.1, 0.15) is 17.4 Å². The number of carbonyl (C=O) groups is 1. The molecule has 5 nitrogen and oxygen atoms in total. The first-order chi connectivity index (χ1) is 8.72. The van der Waals surface area contributed by atoms with Gasteiger partial charge in [-0.2, -0.15) is 15.5 Å². The molecule has 1 heterocycles. The molecule has 0 aliphatic carbocycles. The number of hydrogen-bond donors (Lipinski definition) is 1. The van der Waals surface area contributed by atoms with E-state index in [0.29, 0.717) is 0 Å². The van der Waals surface area contributed by atoms with Gasteiger partial charge in [0, 0.05) is 0 Å². The topological polar surface area (TPSA) is 78.7 Å². The number of nitrogens with one attached hydrogen (secondary N) is 1. The quantitative estimate of drug-likeness (QED) is 0.869. The van der Waals surface area contributed by atoms with Crippen LogP contribution in [0.5, 0.6) is 0 Å². The molecule has 2 aromatic rings. The fourth-order valence-electron chi connectivity index (χ4n) is 1.36. The minimum atomic E-state index is -0.678. The first kappa shape index (κ1) is 11.7. The molecule has 1 aromatic carbocycles. The van der Waals surface area contributed by atoms with E-state index in [-0.39, 0.29) is 16.8 Å². The Balaban J connectivity index is 2.29. The van der Waals surface area contributed by atoms with Gasteiger partial charge in [-0.25, -0.2) is 4.39 Å². The number of amides is 1. The molecule has 0 fully saturated rings. The van der Waals surface area contributed by atoms with E-state index in [1.54, 1.807) is 6.07 Å². The maximum Gasteiger partial charge on any atom is 0.257 e. The number of aromatic nitrogens is 2. The average Bonchev–Trinajstić information content (AvgIpc) is 2.40. The van der Waals surface area contributed by atoms with Gasteiger partial charge >= 0.3 is 0 Å². The molecule has 6 heteroatoms. The second-order valence-electron chi connectivity index (χ2n) is 3.36. The first-order valence-electron chi connectivity index (χ1n) is 4.99. The normalized spacial score (nSPS) is 9.56. The molecule has 0 radical (unpaired) electrons. The van der Waals surface area contributed by atoms with Crippen LogP contribution in [0.2, 0.25) is 0 Å². The van der Waals surface area contributed by atoms with Crippen molar-refractivity contribution in [3.05, 3.63) is 53.6 Å². The Morgan fingerprint density at radius 3 is 2.83 bits per heavy atom. The van der Waals surface area contributed by atoms with Crippen LogP contribution in [-0.2, 0) is 0 Å². The third-order valence-electron chi connectivity index (χ3n) is 2.22. The van der Waals surface area contributed by atoms with Crippen molar-refractivity contribution in [1.82, 2.24) is 10.2 Å². The van der Waals surface area contributed by atoms with Gasteiger partial charge in [-0.3, -0.25) is 4.79 Å². The molecule has 0 saturated heterocycles. The molecule has 1 N–H and O–H groups in total. The van der Waals surface area contributed by atoms with Gasteiger partial charge in [-0.1, -0.05) is 6.07 Å². The SMILES string of the molecule is N#Cc1c(F)cccc1NC(=O)c1ccnnc1. The number of halogens is 1. The van der Waals surface area contributed by atoms with Crippen molar-refractivity contribution < 1.29 is 9.18 Å². The van der Waals surface area contributed by atoms with Crippen LogP contribution in [-0.4, -0.2) is 16.1 Å². The van der Waals surface area contributed by atoms with E-state index in [2.05, 4.69) is 15.5 Å². The molecule has 18 heavy (non-hydrogen) atoms. The lowest BCUT2D eigenvalue weighted by molar-refractivity contribution is 0.102. The highest BCUT2D eigenvalue weighted by Gasteiger charge is 2.12. The van der Waals surface area contributed by atoms with Crippen LogP contribution in [0.1, 0.15) is 15.9 Å². The third-order valence-corrected chi connectivity index (χ3v) is 2.22. The van der Waals surface area contributed by atoms with E-state index in [1.165, 1.54) is 30.6 Å². The molecule has 0 aliphatic heterocycles. The summed E-state index contributed by atoms with van der Waals surface area (Å²) in [5.41, 5.74) is 0.199. The Labute approximate surface area is 102 Å². The molecule has 2 rings (SSSR count). The van der Waals surface area contributed by atoms with Crippen LogP contribution in [0.15, 0.2) is 36.7 Å². The predicted molar refractivity (Wildman–Crippen MR) is 61.1 cm³/mol. The average molecular weight is 242 g/mol. The van der Waals surface area contributed by atoms with Crippen LogP contribution >= 0.6 is 0 Å². The summed E-state index contributed by atoms with van der Waals surface area (Å²) >= 11 is 0. The molecular weight excluding hydrogens is 235 g/mol. The largest absolute Gasteiger partial charge is 0.321 e. The number of hydrogen-bond acceptors (Lipinski definition) is 4. The van der Waals surface area contributed by atoms with Crippen LogP contribution < -0.4 is 5.32 Å². The van der Waals surface area contributed by atoms with Crippen molar-refractivity contribution in [2.45, 2.75) is 0 Å². The van der Waals surface area contributed by atoms with Gasteiger partial charge in [-0.05, 0) is 18.2 Å². The Hall–Kier alpha value is -2.81. The van der Waals surface area contributed by atoms with Crippen LogP contribution in [0.3, 0.4) is 0 Å². The molecule has 88 valence electrons. The lowest BCUT2D eigenvalue weighted by atomic mass is 10.1. The zero-order valence-corrected chi connectivity index (χ0v) is 9.09. The highest BCUT2D eigenvalue weighted by Crippen LogP contribution is 2.18. The van der Waals surface area contributed by atoms with Gasteiger partial charge in [0.25, 0.3) is 5.91 Å². The van der Waals surface area contributed by atoms with Crippen LogP contribution in [0.4, 0.5) is 10.1 Å². The summed E-state index contributed by atoms with van der Waals surface area (Å²) in [6.07, 6.45) is 2.65. The van der Waals surface area contributed by atoms with E-state index in [4.69, 9.17) is 5.26 Å². The van der Waals surface area contributed by atoms with E-state index in [9.17, 15) is 9.18 Å². The summed E-state index contributed by atoms with van der Waals surface area (Å²) < 4.78 is 13.3. The second kappa shape index (κ2) is 5.01. The molecule has 1 aromatic heterocycles. The zero-order valence-electron chi connectivity index (χ0n) is 9.09. The summed E-state index contributed by atoms with van der Waals surface area (Å²) in [6.45, 7) is 0. The van der Waals surface area contributed by atoms with Gasteiger partial charge in [0.05, 0.1) is 23.6 Å². The molecule has 0 saturated carbocycles. The summed E-state index contributed by atoms with van der Waals surface area (Å²) in [4.78, 5) is 11.8. The Morgan fingerprint density at radius 1 is 1.33 bits per heavy atom. The standard InChI is InChI=1S/C12H7FN4O/c13-10-2-1-3-11(9(10)6-14)17-12(18)8-4-5-15-16-7-8/h1-5,7H,(H,17,18). The number of rotatable bonds is 2. The smallest absolute Gasteiger partial charge is 0.257 e. The van der Waals surface area contributed by atoms with E-state index < -0.39 is 11.7 Å². The van der Waals surface area contributed by atoms with E-state index in [1.807, 2.05) is 0 Å². The lowest BCUT2D eigenvalue weighted by Crippen LogP contribution is -2.13. The van der Waals surface area contributed by atoms with Gasteiger partial charge in [0.2, 0.25) is 0 Å². The highest BCUT2D eigenvalue weighted by atomic mass is 19.1. The number of anilines is 1. The first-order valence-corrected chi connectivity index (χ1v) is 4.99. The summed E-state index contributed by atoms with van der Waals surface area (Å²) in [5.74, 6) is -1.16. The van der Waals surface area contributed by atoms with Crippen molar-refractivity contribution in [3.63, 3.8) is 0 Å². The summed E-state index contributed by atoms with van der Waals surface area (Å²) in [7, 11) is 0. The fourth-order valence-corrected chi connectivity index (χ4v) is 1.36. The number of benzene rings is 1. The Bertz CT molecular complexity index is 622. The summed E-state index contributed by atoms with van der Waals surface area (Å²) in [6, 6.07) is 7.19. The van der Waals surface area contributed by atoms with Crippen LogP contribution in [0.25, 0.3) is 0 Å². The Kier molecular flexibility index (Phi) is 3.25. The van der Waals surface area contributed by atoms with Crippen molar-refractivity contribution >= 4 is 11.6 Å². The van der Waals surface area contributed by atoms with Crippen molar-refractivity contribution in [1.29, 1.82) is 5.26 Å². The van der Waals surface area contributed by atoms with E-state index in [0.717, 1.165) is 6.07 Å². The van der Waals surface area contributed by atoms with Crippen molar-refractivity contribution in [2.24, 2.45) is 0 Å². The molecule has 0 unspecified atom stereocenters. The summed E-state index contributed by atoms with van der Waals surface area (Å²) in [5, 5.41) is 18.4. The van der Waals surface area contributed by atoms with Gasteiger partial charge in [-0.15, -0.1) is 0 Å². The van der Waals surface area contributed by atoms with E-state index >= 15 is 0 Å². The lowest BCUT2D eigenvalue weighted by Gasteiger charge is -2.06. The second-order valence-corrected chi connectivity index (χ2v) is 3.36. The molecule has 1 amide bonds. The van der Waals surface area contributed by atoms with Crippen molar-refractivity contribution in [2.75, 3.05) is 5.32 Å². The van der Waals surface area contributed by atoms with Gasteiger partial charge < -0.3 is 5.32 Å². The minimum absolute atomic E-state index is 0.124.